The van der Waals surface area contributed by atoms with Crippen LogP contribution in [0.15, 0.2) is 54.6 Å². The molecule has 2 heterocycles. The van der Waals surface area contributed by atoms with Gasteiger partial charge >= 0.3 is 0 Å². The molecule has 0 aromatic heterocycles. The van der Waals surface area contributed by atoms with Crippen molar-refractivity contribution in [3.63, 3.8) is 0 Å². The molecule has 2 saturated heterocycles. The van der Waals surface area contributed by atoms with Crippen LogP contribution in [0.25, 0.3) is 0 Å². The number of piperazine rings is 1. The quantitative estimate of drug-likeness (QED) is 0.679. The fraction of sp³-hybridized carbons (Fsp3) is 0.364. The number of hydrazine groups is 1. The van der Waals surface area contributed by atoms with E-state index in [2.05, 4.69) is 21.1 Å². The summed E-state index contributed by atoms with van der Waals surface area (Å²) in [6.07, 6.45) is 0. The lowest BCUT2D eigenvalue weighted by molar-refractivity contribution is -0.137. The second-order valence-electron chi connectivity index (χ2n) is 7.65. The van der Waals surface area contributed by atoms with E-state index in [1.54, 1.807) is 12.1 Å². The molecule has 2 unspecified atom stereocenters. The van der Waals surface area contributed by atoms with E-state index in [0.29, 0.717) is 43.4 Å². The minimum atomic E-state index is -0.137. The molecule has 2 fully saturated rings. The van der Waals surface area contributed by atoms with Crippen LogP contribution in [0.4, 0.5) is 5.69 Å². The van der Waals surface area contributed by atoms with Crippen molar-refractivity contribution in [3.8, 4) is 0 Å². The van der Waals surface area contributed by atoms with Gasteiger partial charge in [-0.25, -0.2) is 5.43 Å². The van der Waals surface area contributed by atoms with E-state index in [-0.39, 0.29) is 30.3 Å². The van der Waals surface area contributed by atoms with Gasteiger partial charge in [0.15, 0.2) is 0 Å². The first-order valence-electron chi connectivity index (χ1n) is 10.2. The number of rotatable bonds is 5. The molecule has 2 aromatic carbocycles. The number of halogens is 1. The molecular weight excluding hydrogens is 402 g/mol. The van der Waals surface area contributed by atoms with E-state index in [4.69, 9.17) is 11.6 Å². The minimum Gasteiger partial charge on any atom is -0.340 e. The van der Waals surface area contributed by atoms with E-state index in [1.807, 2.05) is 47.4 Å². The summed E-state index contributed by atoms with van der Waals surface area (Å²) < 4.78 is 0. The van der Waals surface area contributed by atoms with Crippen LogP contribution < -0.4 is 16.2 Å². The molecule has 4 rings (SSSR count). The molecule has 0 spiro atoms. The first-order valence-corrected chi connectivity index (χ1v) is 10.6. The maximum Gasteiger partial charge on any atom is 0.238 e. The van der Waals surface area contributed by atoms with Crippen molar-refractivity contribution in [1.29, 1.82) is 0 Å². The molecule has 0 radical (unpaired) electrons. The Labute approximate surface area is 181 Å². The molecule has 0 saturated carbocycles. The van der Waals surface area contributed by atoms with Gasteiger partial charge in [0.25, 0.3) is 0 Å². The maximum absolute atomic E-state index is 13.1. The Morgan fingerprint density at radius 1 is 1.00 bits per heavy atom. The van der Waals surface area contributed by atoms with Gasteiger partial charge in [-0.2, -0.15) is 0 Å². The van der Waals surface area contributed by atoms with Gasteiger partial charge in [-0.15, -0.1) is 0 Å². The molecule has 7 nitrogen and oxygen atoms in total. The number of benzene rings is 2. The molecular formula is C22H26ClN5O2. The van der Waals surface area contributed by atoms with E-state index in [0.717, 1.165) is 5.56 Å². The number of nitrogens with zero attached hydrogens (tertiary/aromatic N) is 2. The molecule has 2 aliphatic rings. The van der Waals surface area contributed by atoms with Crippen LogP contribution in [0.5, 0.6) is 0 Å². The average Bonchev–Trinajstić information content (AvgIpc) is 3.26. The monoisotopic (exact) mass is 427 g/mol. The first kappa shape index (κ1) is 20.8. The normalized spacial score (nSPS) is 22.1. The van der Waals surface area contributed by atoms with Crippen molar-refractivity contribution in [2.45, 2.75) is 6.04 Å². The van der Waals surface area contributed by atoms with Crippen molar-refractivity contribution in [3.05, 3.63) is 65.2 Å². The largest absolute Gasteiger partial charge is 0.340 e. The smallest absolute Gasteiger partial charge is 0.238 e. The van der Waals surface area contributed by atoms with Crippen molar-refractivity contribution in [1.82, 2.24) is 20.7 Å². The maximum atomic E-state index is 13.1. The summed E-state index contributed by atoms with van der Waals surface area (Å²) in [7, 11) is 0. The molecule has 2 aliphatic heterocycles. The zero-order valence-corrected chi connectivity index (χ0v) is 17.4. The topological polar surface area (TPSA) is 76.7 Å². The van der Waals surface area contributed by atoms with Crippen LogP contribution in [0.1, 0.15) is 11.6 Å². The van der Waals surface area contributed by atoms with Crippen molar-refractivity contribution < 1.29 is 9.59 Å². The summed E-state index contributed by atoms with van der Waals surface area (Å²) in [4.78, 5) is 29.5. The molecule has 158 valence electrons. The second-order valence-corrected chi connectivity index (χ2v) is 8.06. The molecule has 2 amide bonds. The zero-order chi connectivity index (χ0) is 20.9. The number of carbonyl (C=O) groups excluding carboxylic acids is 2. The summed E-state index contributed by atoms with van der Waals surface area (Å²) in [5, 5.41) is 3.37. The number of amides is 2. The van der Waals surface area contributed by atoms with Gasteiger partial charge < -0.3 is 10.2 Å². The summed E-state index contributed by atoms with van der Waals surface area (Å²) in [5.41, 5.74) is 8.09. The third kappa shape index (κ3) is 4.82. The SMILES string of the molecule is O=C(CN1CCN(C(=O)C2CNNC2c2ccccc2)CC1)Nc1ccccc1Cl. The first-order chi connectivity index (χ1) is 14.6. The van der Waals surface area contributed by atoms with Crippen LogP contribution in [0, 0.1) is 5.92 Å². The van der Waals surface area contributed by atoms with Crippen LogP contribution in [-0.2, 0) is 9.59 Å². The average molecular weight is 428 g/mol. The van der Waals surface area contributed by atoms with Gasteiger partial charge in [-0.3, -0.25) is 19.9 Å². The highest BCUT2D eigenvalue weighted by molar-refractivity contribution is 6.33. The number of nitrogens with one attached hydrogen (secondary N) is 3. The Kier molecular flexibility index (Phi) is 6.64. The summed E-state index contributed by atoms with van der Waals surface area (Å²) in [5.74, 6) is -0.0831. The predicted octanol–water partition coefficient (Wildman–Crippen LogP) is 1.89. The third-order valence-corrected chi connectivity index (χ3v) is 5.99. The molecule has 2 atom stereocenters. The van der Waals surface area contributed by atoms with E-state index in [9.17, 15) is 9.59 Å². The number of anilines is 1. The Morgan fingerprint density at radius 2 is 1.70 bits per heavy atom. The number of hydrogen-bond donors (Lipinski definition) is 3. The molecule has 0 aliphatic carbocycles. The van der Waals surface area contributed by atoms with Crippen LogP contribution >= 0.6 is 11.6 Å². The highest BCUT2D eigenvalue weighted by atomic mass is 35.5. The van der Waals surface area contributed by atoms with Crippen LogP contribution in [-0.4, -0.2) is 60.9 Å². The molecule has 3 N–H and O–H groups in total. The fourth-order valence-electron chi connectivity index (χ4n) is 4.02. The standard InChI is InChI=1S/C22H26ClN5O2/c23-18-8-4-5-9-19(18)25-20(29)15-27-10-12-28(13-11-27)22(30)17-14-24-26-21(17)16-6-2-1-3-7-16/h1-9,17,21,24,26H,10-15H2,(H,25,29). The number of carbonyl (C=O) groups is 2. The van der Waals surface area contributed by atoms with E-state index in [1.165, 1.54) is 0 Å². The second kappa shape index (κ2) is 9.57. The van der Waals surface area contributed by atoms with Crippen molar-refractivity contribution in [2.24, 2.45) is 5.92 Å². The summed E-state index contributed by atoms with van der Waals surface area (Å²) in [6.45, 7) is 3.48. The van der Waals surface area contributed by atoms with Crippen molar-refractivity contribution >= 4 is 29.1 Å². The Morgan fingerprint density at radius 3 is 2.43 bits per heavy atom. The lowest BCUT2D eigenvalue weighted by Crippen LogP contribution is -2.52. The van der Waals surface area contributed by atoms with E-state index >= 15 is 0 Å². The highest BCUT2D eigenvalue weighted by Crippen LogP contribution is 2.27. The van der Waals surface area contributed by atoms with Gasteiger partial charge in [0.05, 0.1) is 29.2 Å². The van der Waals surface area contributed by atoms with E-state index < -0.39 is 0 Å². The van der Waals surface area contributed by atoms with Gasteiger partial charge in [0, 0.05) is 32.7 Å². The zero-order valence-electron chi connectivity index (χ0n) is 16.7. The molecule has 8 heteroatoms. The lowest BCUT2D eigenvalue weighted by Gasteiger charge is -2.36. The van der Waals surface area contributed by atoms with Gasteiger partial charge in [0.1, 0.15) is 0 Å². The summed E-state index contributed by atoms with van der Waals surface area (Å²) in [6, 6.07) is 17.2. The molecule has 2 aromatic rings. The molecule has 0 bridgehead atoms. The van der Waals surface area contributed by atoms with Gasteiger partial charge in [-0.05, 0) is 17.7 Å². The predicted molar refractivity (Wildman–Crippen MR) is 117 cm³/mol. The lowest BCUT2D eigenvalue weighted by atomic mass is 9.93. The molecule has 30 heavy (non-hydrogen) atoms. The van der Waals surface area contributed by atoms with Gasteiger partial charge in [-0.1, -0.05) is 54.1 Å². The summed E-state index contributed by atoms with van der Waals surface area (Å²) >= 11 is 6.10. The van der Waals surface area contributed by atoms with Crippen LogP contribution in [0.3, 0.4) is 0 Å². The Bertz CT molecular complexity index is 886. The number of hydrogen-bond acceptors (Lipinski definition) is 5. The Hall–Kier alpha value is -2.45. The van der Waals surface area contributed by atoms with Crippen molar-refractivity contribution in [2.75, 3.05) is 44.6 Å². The van der Waals surface area contributed by atoms with Gasteiger partial charge in [0.2, 0.25) is 11.8 Å². The Balaban J connectivity index is 1.28. The fourth-order valence-corrected chi connectivity index (χ4v) is 4.20. The minimum absolute atomic E-state index is 0.0295. The van der Waals surface area contributed by atoms with Crippen LogP contribution in [0.2, 0.25) is 5.02 Å². The number of para-hydroxylation sites is 1. The highest BCUT2D eigenvalue weighted by Gasteiger charge is 2.37. The third-order valence-electron chi connectivity index (χ3n) is 5.66.